The number of hydrogen-bond donors (Lipinski definition) is 4. The molecule has 0 aliphatic carbocycles. The first-order valence-electron chi connectivity index (χ1n) is 4.21. The normalized spacial score (nSPS) is 11.3. The molecule has 0 amide bonds. The number of carbonyl (C=O) groups is 1. The van der Waals surface area contributed by atoms with Crippen molar-refractivity contribution >= 4 is 11.7 Å². The molecule has 0 saturated heterocycles. The van der Waals surface area contributed by atoms with E-state index in [1.807, 2.05) is 0 Å². The molecule has 0 unspecified atom stereocenters. The third kappa shape index (κ3) is 5.32. The molecule has 5 heteroatoms. The lowest BCUT2D eigenvalue weighted by Crippen LogP contribution is -2.56. The van der Waals surface area contributed by atoms with Crippen molar-refractivity contribution in [1.82, 2.24) is 0 Å². The fourth-order valence-electron chi connectivity index (χ4n) is 0.915. The molecule has 13 heavy (non-hydrogen) atoms. The van der Waals surface area contributed by atoms with Gasteiger partial charge in [-0.05, 0) is 32.6 Å². The van der Waals surface area contributed by atoms with Crippen molar-refractivity contribution in [2.75, 3.05) is 0 Å². The summed E-state index contributed by atoms with van der Waals surface area (Å²) in [7, 11) is 0. The number of carboxylic acids is 1. The molecule has 0 aliphatic rings. The lowest BCUT2D eigenvalue weighted by atomic mass is 10.0. The van der Waals surface area contributed by atoms with E-state index in [0.717, 1.165) is 6.42 Å². The van der Waals surface area contributed by atoms with E-state index < -0.39 is 11.6 Å². The summed E-state index contributed by atoms with van der Waals surface area (Å²) >= 11 is 0. The molecule has 0 aromatic heterocycles. The van der Waals surface area contributed by atoms with Gasteiger partial charge in [0, 0.05) is 5.71 Å². The summed E-state index contributed by atoms with van der Waals surface area (Å²) in [5.41, 5.74) is 9.58. The molecular formula is C8H17N3O2. The van der Waals surface area contributed by atoms with Gasteiger partial charge in [-0.2, -0.15) is 0 Å². The molecule has 6 N–H and O–H groups in total. The molecule has 76 valence electrons. The fourth-order valence-corrected chi connectivity index (χ4v) is 0.915. The number of rotatable bonds is 6. The molecule has 0 aromatic rings. The maximum Gasteiger partial charge on any atom is 0.338 e. The number of nitrogens with two attached hydrogens (primary N) is 2. The van der Waals surface area contributed by atoms with E-state index in [2.05, 4.69) is 0 Å². The van der Waals surface area contributed by atoms with Gasteiger partial charge in [-0.25, -0.2) is 4.79 Å². The zero-order chi connectivity index (χ0) is 10.5. The Balaban J connectivity index is 3.64. The van der Waals surface area contributed by atoms with Gasteiger partial charge >= 0.3 is 5.97 Å². The summed E-state index contributed by atoms with van der Waals surface area (Å²) < 4.78 is 0. The highest BCUT2D eigenvalue weighted by molar-refractivity contribution is 5.78. The third-order valence-corrected chi connectivity index (χ3v) is 1.79. The fraction of sp³-hybridized carbons (Fsp3) is 0.750. The van der Waals surface area contributed by atoms with Crippen LogP contribution in [0.2, 0.25) is 0 Å². The Morgan fingerprint density at radius 1 is 1.46 bits per heavy atom. The minimum absolute atomic E-state index is 0.246. The van der Waals surface area contributed by atoms with Gasteiger partial charge in [0.15, 0.2) is 5.66 Å². The van der Waals surface area contributed by atoms with Gasteiger partial charge in [-0.1, -0.05) is 0 Å². The van der Waals surface area contributed by atoms with Gasteiger partial charge in [0.1, 0.15) is 0 Å². The van der Waals surface area contributed by atoms with Crippen LogP contribution in [-0.4, -0.2) is 22.5 Å². The van der Waals surface area contributed by atoms with Crippen LogP contribution in [-0.2, 0) is 4.79 Å². The highest BCUT2D eigenvalue weighted by Gasteiger charge is 2.27. The number of nitrogens with one attached hydrogen (secondary N) is 1. The minimum atomic E-state index is -1.62. The first-order chi connectivity index (χ1) is 5.86. The van der Waals surface area contributed by atoms with Crippen LogP contribution in [0.15, 0.2) is 0 Å². The molecule has 0 heterocycles. The van der Waals surface area contributed by atoms with Gasteiger partial charge in [-0.3, -0.25) is 0 Å². The molecular weight excluding hydrogens is 170 g/mol. The van der Waals surface area contributed by atoms with E-state index in [4.69, 9.17) is 22.0 Å². The summed E-state index contributed by atoms with van der Waals surface area (Å²) in [4.78, 5) is 10.5. The average Bonchev–Trinajstić information content (AvgIpc) is 1.97. The van der Waals surface area contributed by atoms with Gasteiger partial charge in [0.2, 0.25) is 0 Å². The molecule has 0 aliphatic heterocycles. The van der Waals surface area contributed by atoms with Crippen LogP contribution in [0.4, 0.5) is 0 Å². The first-order valence-corrected chi connectivity index (χ1v) is 4.21. The lowest BCUT2D eigenvalue weighted by Gasteiger charge is -2.18. The Kier molecular flexibility index (Phi) is 4.58. The minimum Gasteiger partial charge on any atom is -0.479 e. The quantitative estimate of drug-likeness (QED) is 0.272. The van der Waals surface area contributed by atoms with Crippen molar-refractivity contribution in [3.63, 3.8) is 0 Å². The second-order valence-corrected chi connectivity index (χ2v) is 3.33. The van der Waals surface area contributed by atoms with E-state index in [1.54, 1.807) is 6.92 Å². The monoisotopic (exact) mass is 187 g/mol. The molecule has 0 fully saturated rings. The Bertz CT molecular complexity index is 202. The molecule has 0 radical (unpaired) electrons. The van der Waals surface area contributed by atoms with Gasteiger partial charge in [0.25, 0.3) is 0 Å². The van der Waals surface area contributed by atoms with Crippen LogP contribution >= 0.6 is 0 Å². The molecule has 0 spiro atoms. The first kappa shape index (κ1) is 12.1. The molecule has 5 nitrogen and oxygen atoms in total. The molecule has 0 saturated carbocycles. The molecule has 0 atom stereocenters. The van der Waals surface area contributed by atoms with Crippen LogP contribution in [0.3, 0.4) is 0 Å². The Labute approximate surface area is 77.6 Å². The van der Waals surface area contributed by atoms with Crippen LogP contribution in [0.25, 0.3) is 0 Å². The Morgan fingerprint density at radius 2 is 2.00 bits per heavy atom. The predicted octanol–water partition coefficient (Wildman–Crippen LogP) is 0.285. The van der Waals surface area contributed by atoms with E-state index in [0.29, 0.717) is 18.6 Å². The van der Waals surface area contributed by atoms with Crippen molar-refractivity contribution in [1.29, 1.82) is 5.41 Å². The van der Waals surface area contributed by atoms with Gasteiger partial charge < -0.3 is 22.0 Å². The van der Waals surface area contributed by atoms with Gasteiger partial charge in [-0.15, -0.1) is 0 Å². The largest absolute Gasteiger partial charge is 0.479 e. The van der Waals surface area contributed by atoms with Crippen molar-refractivity contribution in [2.24, 2.45) is 11.5 Å². The van der Waals surface area contributed by atoms with Crippen molar-refractivity contribution in [3.8, 4) is 0 Å². The summed E-state index contributed by atoms with van der Waals surface area (Å²) in [5.74, 6) is -1.18. The van der Waals surface area contributed by atoms with E-state index in [1.165, 1.54) is 0 Å². The average molecular weight is 187 g/mol. The lowest BCUT2D eigenvalue weighted by molar-refractivity contribution is -0.143. The molecule has 0 rings (SSSR count). The number of aliphatic carboxylic acids is 1. The number of hydrogen-bond acceptors (Lipinski definition) is 4. The van der Waals surface area contributed by atoms with Crippen molar-refractivity contribution < 1.29 is 9.90 Å². The maximum absolute atomic E-state index is 10.5. The Hall–Kier alpha value is -0.940. The summed E-state index contributed by atoms with van der Waals surface area (Å²) in [6.07, 6.45) is 2.32. The predicted molar refractivity (Wildman–Crippen MR) is 50.6 cm³/mol. The molecule has 0 aromatic carbocycles. The van der Waals surface area contributed by atoms with Gasteiger partial charge in [0.05, 0.1) is 0 Å². The zero-order valence-electron chi connectivity index (χ0n) is 7.84. The van der Waals surface area contributed by atoms with Crippen molar-refractivity contribution in [2.45, 2.75) is 38.3 Å². The smallest absolute Gasteiger partial charge is 0.338 e. The zero-order valence-corrected chi connectivity index (χ0v) is 7.84. The van der Waals surface area contributed by atoms with Crippen LogP contribution < -0.4 is 11.5 Å². The number of carboxylic acid groups (broad SMARTS) is 1. The second kappa shape index (κ2) is 4.94. The molecule has 0 bridgehead atoms. The summed E-state index contributed by atoms with van der Waals surface area (Å²) in [5, 5.41) is 15.7. The van der Waals surface area contributed by atoms with Crippen molar-refractivity contribution in [3.05, 3.63) is 0 Å². The third-order valence-electron chi connectivity index (χ3n) is 1.79. The maximum atomic E-state index is 10.5. The highest BCUT2D eigenvalue weighted by atomic mass is 16.4. The topological polar surface area (TPSA) is 113 Å². The van der Waals surface area contributed by atoms with E-state index in [9.17, 15) is 4.79 Å². The second-order valence-electron chi connectivity index (χ2n) is 3.33. The highest BCUT2D eigenvalue weighted by Crippen LogP contribution is 2.07. The van der Waals surface area contributed by atoms with E-state index in [-0.39, 0.29) is 6.42 Å². The standard InChI is InChI=1S/C8H17N3O2/c1-6(9)4-2-3-5-8(10,11)7(12)13/h9H,2-5,10-11H2,1H3,(H,12,13). The summed E-state index contributed by atoms with van der Waals surface area (Å²) in [6, 6.07) is 0. The van der Waals surface area contributed by atoms with E-state index >= 15 is 0 Å². The van der Waals surface area contributed by atoms with Crippen LogP contribution in [0, 0.1) is 5.41 Å². The summed E-state index contributed by atoms with van der Waals surface area (Å²) in [6.45, 7) is 1.72. The van der Waals surface area contributed by atoms with Crippen LogP contribution in [0.1, 0.15) is 32.6 Å². The Morgan fingerprint density at radius 3 is 2.38 bits per heavy atom. The SMILES string of the molecule is CC(=N)CCCCC(N)(N)C(=O)O. The van der Waals surface area contributed by atoms with Crippen LogP contribution in [0.5, 0.6) is 0 Å². The number of unbranched alkanes of at least 4 members (excludes halogenated alkanes) is 1.